The summed E-state index contributed by atoms with van der Waals surface area (Å²) in [4.78, 5) is 9.85. The van der Waals surface area contributed by atoms with Gasteiger partial charge in [0.25, 0.3) is 5.69 Å². The third-order valence-corrected chi connectivity index (χ3v) is 2.14. The topological polar surface area (TPSA) is 66.9 Å². The Hall–Kier alpha value is -1.60. The van der Waals surface area contributed by atoms with Crippen LogP contribution in [0.2, 0.25) is 0 Å². The largest absolute Gasteiger partial charge is 0.269 e. The van der Waals surface area contributed by atoms with Gasteiger partial charge in [-0.3, -0.25) is 10.1 Å². The molecule has 0 amide bonds. The zero-order chi connectivity index (χ0) is 10.6. The first-order valence-electron chi connectivity index (χ1n) is 3.90. The summed E-state index contributed by atoms with van der Waals surface area (Å²) in [6.07, 6.45) is 0.194. The number of rotatable bonds is 3. The molecule has 0 heterocycles. The molecule has 1 unspecified atom stereocenters. The van der Waals surface area contributed by atoms with Crippen LogP contribution in [0.1, 0.15) is 17.4 Å². The van der Waals surface area contributed by atoms with Crippen LogP contribution in [-0.4, -0.2) is 4.92 Å². The van der Waals surface area contributed by atoms with E-state index in [2.05, 4.69) is 0 Å². The maximum absolute atomic E-state index is 10.3. The molecule has 1 rings (SSSR count). The first kappa shape index (κ1) is 10.5. The number of halogens is 1. The summed E-state index contributed by atoms with van der Waals surface area (Å²) in [7, 11) is 0. The third-order valence-electron chi connectivity index (χ3n) is 1.74. The molecule has 5 heteroatoms. The van der Waals surface area contributed by atoms with Gasteiger partial charge in [-0.2, -0.15) is 5.26 Å². The number of non-ortho nitro benzene ring substituents is 1. The van der Waals surface area contributed by atoms with Crippen LogP contribution in [-0.2, 0) is 0 Å². The Morgan fingerprint density at radius 2 is 2.07 bits per heavy atom. The molecule has 0 radical (unpaired) electrons. The molecule has 4 nitrogen and oxygen atoms in total. The number of nitrogens with zero attached hydrogens (tertiary/aromatic N) is 2. The zero-order valence-corrected chi connectivity index (χ0v) is 7.94. The van der Waals surface area contributed by atoms with E-state index < -0.39 is 10.3 Å². The van der Waals surface area contributed by atoms with Crippen LogP contribution in [0.5, 0.6) is 0 Å². The van der Waals surface area contributed by atoms with Crippen LogP contribution < -0.4 is 0 Å². The summed E-state index contributed by atoms with van der Waals surface area (Å²) in [6.45, 7) is 0. The molecule has 72 valence electrons. The van der Waals surface area contributed by atoms with E-state index in [1.54, 1.807) is 12.1 Å². The molecule has 0 aliphatic carbocycles. The van der Waals surface area contributed by atoms with Crippen molar-refractivity contribution in [1.82, 2.24) is 0 Å². The number of nitro benzene ring substituents is 1. The highest BCUT2D eigenvalue weighted by atomic mass is 35.5. The van der Waals surface area contributed by atoms with Crippen LogP contribution in [0.4, 0.5) is 5.69 Å². The number of benzene rings is 1. The summed E-state index contributed by atoms with van der Waals surface area (Å²) in [5.41, 5.74) is 0.744. The minimum Gasteiger partial charge on any atom is -0.258 e. The second-order valence-corrected chi connectivity index (χ2v) is 3.21. The van der Waals surface area contributed by atoms with E-state index in [4.69, 9.17) is 16.9 Å². The van der Waals surface area contributed by atoms with Crippen LogP contribution in [0, 0.1) is 21.4 Å². The van der Waals surface area contributed by atoms with Crippen molar-refractivity contribution in [3.05, 3.63) is 39.9 Å². The molecule has 0 aliphatic heterocycles. The normalized spacial score (nSPS) is 11.7. The number of nitro groups is 1. The first-order valence-corrected chi connectivity index (χ1v) is 4.34. The van der Waals surface area contributed by atoms with Crippen LogP contribution >= 0.6 is 11.6 Å². The fraction of sp³-hybridized carbons (Fsp3) is 0.222. The van der Waals surface area contributed by atoms with Gasteiger partial charge in [0, 0.05) is 12.1 Å². The lowest BCUT2D eigenvalue weighted by atomic mass is 10.1. The van der Waals surface area contributed by atoms with E-state index in [-0.39, 0.29) is 12.1 Å². The lowest BCUT2D eigenvalue weighted by Crippen LogP contribution is -1.91. The Kier molecular flexibility index (Phi) is 3.43. The van der Waals surface area contributed by atoms with Crippen molar-refractivity contribution in [1.29, 1.82) is 5.26 Å². The molecule has 0 spiro atoms. The molecule has 0 aliphatic rings. The lowest BCUT2D eigenvalue weighted by Gasteiger charge is -2.03. The molecule has 0 aromatic heterocycles. The van der Waals surface area contributed by atoms with Crippen molar-refractivity contribution in [2.45, 2.75) is 11.8 Å². The quantitative estimate of drug-likeness (QED) is 0.438. The number of hydrogen-bond acceptors (Lipinski definition) is 3. The number of alkyl halides is 1. The molecule has 0 fully saturated rings. The maximum Gasteiger partial charge on any atom is 0.269 e. The Morgan fingerprint density at radius 3 is 2.50 bits per heavy atom. The van der Waals surface area contributed by atoms with Crippen molar-refractivity contribution in [2.24, 2.45) is 0 Å². The van der Waals surface area contributed by atoms with Gasteiger partial charge >= 0.3 is 0 Å². The Bertz CT molecular complexity index is 369. The number of nitriles is 1. The summed E-state index contributed by atoms with van der Waals surface area (Å²) in [6, 6.07) is 7.82. The predicted molar refractivity (Wildman–Crippen MR) is 51.9 cm³/mol. The van der Waals surface area contributed by atoms with Gasteiger partial charge in [-0.25, -0.2) is 0 Å². The summed E-state index contributed by atoms with van der Waals surface area (Å²) >= 11 is 5.85. The van der Waals surface area contributed by atoms with Crippen molar-refractivity contribution in [2.75, 3.05) is 0 Å². The zero-order valence-electron chi connectivity index (χ0n) is 7.18. The van der Waals surface area contributed by atoms with Crippen LogP contribution in [0.3, 0.4) is 0 Å². The van der Waals surface area contributed by atoms with Crippen molar-refractivity contribution >= 4 is 17.3 Å². The Labute approximate surface area is 85.9 Å². The van der Waals surface area contributed by atoms with Crippen molar-refractivity contribution < 1.29 is 4.92 Å². The smallest absolute Gasteiger partial charge is 0.258 e. The van der Waals surface area contributed by atoms with Gasteiger partial charge in [-0.1, -0.05) is 12.1 Å². The van der Waals surface area contributed by atoms with E-state index in [1.807, 2.05) is 6.07 Å². The molecule has 0 N–H and O–H groups in total. The standard InChI is InChI=1S/C9H7ClN2O2/c10-9(5-6-11)7-1-3-8(4-2-7)12(13)14/h1-4,9H,5H2. The molecule has 0 saturated carbocycles. The maximum atomic E-state index is 10.3. The van der Waals surface area contributed by atoms with Crippen molar-refractivity contribution in [3.8, 4) is 6.07 Å². The first-order chi connectivity index (χ1) is 6.65. The number of hydrogen-bond donors (Lipinski definition) is 0. The lowest BCUT2D eigenvalue weighted by molar-refractivity contribution is -0.384. The summed E-state index contributed by atoms with van der Waals surface area (Å²) in [5.74, 6) is 0. The van der Waals surface area contributed by atoms with E-state index in [0.717, 1.165) is 5.56 Å². The Balaban J connectivity index is 2.84. The third kappa shape index (κ3) is 2.44. The van der Waals surface area contributed by atoms with Gasteiger partial charge in [0.2, 0.25) is 0 Å². The summed E-state index contributed by atoms with van der Waals surface area (Å²) in [5, 5.41) is 18.3. The Morgan fingerprint density at radius 1 is 1.50 bits per heavy atom. The second kappa shape index (κ2) is 4.58. The van der Waals surface area contributed by atoms with Gasteiger partial charge in [0.15, 0.2) is 0 Å². The molecule has 0 bridgehead atoms. The fourth-order valence-corrected chi connectivity index (χ4v) is 1.22. The van der Waals surface area contributed by atoms with E-state index >= 15 is 0 Å². The van der Waals surface area contributed by atoms with Gasteiger partial charge in [0.05, 0.1) is 22.8 Å². The summed E-state index contributed by atoms with van der Waals surface area (Å²) < 4.78 is 0. The molecular weight excluding hydrogens is 204 g/mol. The monoisotopic (exact) mass is 210 g/mol. The second-order valence-electron chi connectivity index (χ2n) is 2.68. The minimum absolute atomic E-state index is 0.0228. The van der Waals surface area contributed by atoms with Gasteiger partial charge in [-0.05, 0) is 5.56 Å². The highest BCUT2D eigenvalue weighted by Crippen LogP contribution is 2.25. The van der Waals surface area contributed by atoms with Gasteiger partial charge < -0.3 is 0 Å². The average molecular weight is 211 g/mol. The van der Waals surface area contributed by atoms with E-state index in [0.29, 0.717) is 0 Å². The van der Waals surface area contributed by atoms with Gasteiger partial charge in [0.1, 0.15) is 0 Å². The highest BCUT2D eigenvalue weighted by molar-refractivity contribution is 6.20. The molecule has 0 saturated heterocycles. The molecule has 1 aromatic rings. The van der Waals surface area contributed by atoms with Crippen LogP contribution in [0.15, 0.2) is 24.3 Å². The van der Waals surface area contributed by atoms with Gasteiger partial charge in [-0.15, -0.1) is 11.6 Å². The average Bonchev–Trinajstić information content (AvgIpc) is 2.18. The molecule has 14 heavy (non-hydrogen) atoms. The van der Waals surface area contributed by atoms with E-state index in [9.17, 15) is 10.1 Å². The predicted octanol–water partition coefficient (Wildman–Crippen LogP) is 2.79. The minimum atomic E-state index is -0.475. The molecule has 1 aromatic carbocycles. The van der Waals surface area contributed by atoms with Crippen molar-refractivity contribution in [3.63, 3.8) is 0 Å². The fourth-order valence-electron chi connectivity index (χ4n) is 1.00. The molecule has 1 atom stereocenters. The SMILES string of the molecule is N#CCC(Cl)c1ccc([N+](=O)[O-])cc1. The highest BCUT2D eigenvalue weighted by Gasteiger charge is 2.09. The van der Waals surface area contributed by atoms with Crippen LogP contribution in [0.25, 0.3) is 0 Å². The van der Waals surface area contributed by atoms with E-state index in [1.165, 1.54) is 12.1 Å². The molecular formula is C9H7ClN2O2.